The Morgan fingerprint density at radius 1 is 1.15 bits per heavy atom. The highest BCUT2D eigenvalue weighted by Crippen LogP contribution is 2.30. The summed E-state index contributed by atoms with van der Waals surface area (Å²) < 4.78 is 7.31. The number of nitrogens with zero attached hydrogens (tertiary/aromatic N) is 2. The number of pyridine rings is 1. The number of nitrogens with one attached hydrogen (secondary N) is 2. The molecule has 0 radical (unpaired) electrons. The van der Waals surface area contributed by atoms with Gasteiger partial charge in [-0.3, -0.25) is 9.20 Å². The van der Waals surface area contributed by atoms with Gasteiger partial charge in [-0.2, -0.15) is 0 Å². The number of hydrogen-bond acceptors (Lipinski definition) is 5. The van der Waals surface area contributed by atoms with Gasteiger partial charge in [0.25, 0.3) is 0 Å². The molecule has 0 aliphatic heterocycles. The molecule has 0 fully saturated rings. The summed E-state index contributed by atoms with van der Waals surface area (Å²) in [6.45, 7) is 8.34. The van der Waals surface area contributed by atoms with Crippen molar-refractivity contribution in [1.29, 1.82) is 0 Å². The molecule has 0 saturated carbocycles. The van der Waals surface area contributed by atoms with Crippen molar-refractivity contribution in [2.45, 2.75) is 20.8 Å². The Morgan fingerprint density at radius 3 is 2.48 bits per heavy atom. The number of fused-ring (bicyclic) bond motifs is 2. The number of ether oxygens (including phenoxy) is 1. The van der Waals surface area contributed by atoms with Gasteiger partial charge in [0.05, 0.1) is 34.4 Å². The zero-order valence-electron chi connectivity index (χ0n) is 16.5. The Balaban J connectivity index is 0.000000376. The van der Waals surface area contributed by atoms with Gasteiger partial charge in [0, 0.05) is 12.7 Å². The smallest absolute Gasteiger partial charge is 0.199 e. The lowest BCUT2D eigenvalue weighted by molar-refractivity contribution is 0.415. The van der Waals surface area contributed by atoms with Crippen molar-refractivity contribution in [2.75, 3.05) is 32.6 Å². The number of aryl methyl sites for hydroxylation is 1. The monoisotopic (exact) mass is 366 g/mol. The molecule has 0 spiro atoms. The van der Waals surface area contributed by atoms with Crippen molar-refractivity contribution in [2.24, 2.45) is 0 Å². The molecule has 2 aromatic carbocycles. The Hall–Kier alpha value is -2.86. The molecule has 2 heterocycles. The van der Waals surface area contributed by atoms with Crippen LogP contribution in [-0.2, 0) is 0 Å². The van der Waals surface area contributed by atoms with E-state index >= 15 is 0 Å². The fourth-order valence-electron chi connectivity index (χ4n) is 3.42. The van der Waals surface area contributed by atoms with Crippen molar-refractivity contribution >= 4 is 33.0 Å². The Kier molecular flexibility index (Phi) is 5.46. The third-order valence-electron chi connectivity index (χ3n) is 4.67. The van der Waals surface area contributed by atoms with Crippen molar-refractivity contribution < 1.29 is 4.74 Å². The lowest BCUT2D eigenvalue weighted by atomic mass is 10.1. The molecule has 6 heteroatoms. The van der Waals surface area contributed by atoms with E-state index in [4.69, 9.17) is 4.74 Å². The zero-order valence-corrected chi connectivity index (χ0v) is 16.5. The molecule has 142 valence electrons. The van der Waals surface area contributed by atoms with Gasteiger partial charge >= 0.3 is 0 Å². The minimum atomic E-state index is -0.00347. The SMILES string of the molecule is CCNCC.CNc1ccc2nc(C)n3c4ccc(OC)cc4c(=O)c1c23. The van der Waals surface area contributed by atoms with E-state index < -0.39 is 0 Å². The highest BCUT2D eigenvalue weighted by molar-refractivity contribution is 6.07. The van der Waals surface area contributed by atoms with E-state index in [2.05, 4.69) is 29.5 Å². The highest BCUT2D eigenvalue weighted by atomic mass is 16.5. The minimum Gasteiger partial charge on any atom is -0.497 e. The number of aromatic nitrogens is 2. The summed E-state index contributed by atoms with van der Waals surface area (Å²) in [5.41, 5.74) is 3.36. The van der Waals surface area contributed by atoms with E-state index in [1.165, 1.54) is 0 Å². The van der Waals surface area contributed by atoms with Gasteiger partial charge in [0.1, 0.15) is 11.6 Å². The van der Waals surface area contributed by atoms with Crippen LogP contribution in [0.3, 0.4) is 0 Å². The first kappa shape index (κ1) is 18.9. The summed E-state index contributed by atoms with van der Waals surface area (Å²) in [7, 11) is 3.42. The number of methoxy groups -OCH3 is 1. The minimum absolute atomic E-state index is 0.00347. The quantitative estimate of drug-likeness (QED) is 0.542. The lowest BCUT2D eigenvalue weighted by Crippen LogP contribution is -2.09. The summed E-state index contributed by atoms with van der Waals surface area (Å²) >= 11 is 0. The third kappa shape index (κ3) is 3.17. The molecule has 0 unspecified atom stereocenters. The predicted molar refractivity (Wildman–Crippen MR) is 113 cm³/mol. The molecule has 2 N–H and O–H groups in total. The third-order valence-corrected chi connectivity index (χ3v) is 4.67. The molecule has 2 aromatic heterocycles. The summed E-state index contributed by atoms with van der Waals surface area (Å²) in [6, 6.07) is 9.41. The molecule has 0 amide bonds. The first-order chi connectivity index (χ1) is 13.1. The maximum Gasteiger partial charge on any atom is 0.199 e. The summed E-state index contributed by atoms with van der Waals surface area (Å²) in [5, 5.41) is 7.52. The second-order valence-corrected chi connectivity index (χ2v) is 6.27. The van der Waals surface area contributed by atoms with Gasteiger partial charge in [-0.05, 0) is 50.3 Å². The molecule has 0 saturated heterocycles. The first-order valence-corrected chi connectivity index (χ1v) is 9.20. The van der Waals surface area contributed by atoms with Crippen LogP contribution >= 0.6 is 0 Å². The van der Waals surface area contributed by atoms with Crippen LogP contribution in [0.5, 0.6) is 5.75 Å². The molecule has 4 aromatic rings. The fraction of sp³-hybridized carbons (Fsp3) is 0.333. The van der Waals surface area contributed by atoms with Gasteiger partial charge in [-0.1, -0.05) is 13.8 Å². The molecule has 0 bridgehead atoms. The Bertz CT molecular complexity index is 1130. The van der Waals surface area contributed by atoms with Crippen LogP contribution in [0.15, 0.2) is 35.1 Å². The number of anilines is 1. The second-order valence-electron chi connectivity index (χ2n) is 6.27. The Morgan fingerprint density at radius 2 is 1.89 bits per heavy atom. The maximum absolute atomic E-state index is 13.0. The van der Waals surface area contributed by atoms with Crippen LogP contribution in [0.2, 0.25) is 0 Å². The van der Waals surface area contributed by atoms with Gasteiger partial charge in [-0.25, -0.2) is 4.98 Å². The molecule has 0 aliphatic carbocycles. The standard InChI is InChI=1S/C17H15N3O2.C4H11N/c1-9-19-13-6-5-12(18-2)15-16(13)20(9)14-7-4-10(22-3)8-11(14)17(15)21;1-3-5-4-2/h4-8,18H,1-3H3;5H,3-4H2,1-2H3. The zero-order chi connectivity index (χ0) is 19.6. The van der Waals surface area contributed by atoms with Crippen molar-refractivity contribution in [3.05, 3.63) is 46.4 Å². The van der Waals surface area contributed by atoms with E-state index in [1.807, 2.05) is 42.6 Å². The Labute approximate surface area is 158 Å². The molecular weight excluding hydrogens is 340 g/mol. The van der Waals surface area contributed by atoms with Crippen LogP contribution in [0.25, 0.3) is 27.3 Å². The predicted octanol–water partition coefficient (Wildman–Crippen LogP) is 3.41. The van der Waals surface area contributed by atoms with Crippen LogP contribution in [0.1, 0.15) is 19.7 Å². The largest absolute Gasteiger partial charge is 0.497 e. The van der Waals surface area contributed by atoms with E-state index in [0.717, 1.165) is 41.2 Å². The average molecular weight is 366 g/mol. The molecule has 0 atom stereocenters. The molecule has 6 nitrogen and oxygen atoms in total. The number of hydrogen-bond donors (Lipinski definition) is 2. The molecular formula is C21H26N4O2. The lowest BCUT2D eigenvalue weighted by Gasteiger charge is -2.10. The second kappa shape index (κ2) is 7.80. The topological polar surface area (TPSA) is 67.7 Å². The van der Waals surface area contributed by atoms with Crippen LogP contribution in [0.4, 0.5) is 5.69 Å². The molecule has 0 aliphatic rings. The first-order valence-electron chi connectivity index (χ1n) is 9.20. The maximum atomic E-state index is 13.0. The van der Waals surface area contributed by atoms with E-state index in [-0.39, 0.29) is 5.43 Å². The molecule has 27 heavy (non-hydrogen) atoms. The van der Waals surface area contributed by atoms with E-state index in [0.29, 0.717) is 16.5 Å². The number of benzene rings is 2. The molecule has 4 rings (SSSR count). The highest BCUT2D eigenvalue weighted by Gasteiger charge is 2.18. The van der Waals surface area contributed by atoms with Crippen molar-refractivity contribution in [3.8, 4) is 5.75 Å². The van der Waals surface area contributed by atoms with Gasteiger partial charge < -0.3 is 15.4 Å². The summed E-state index contributed by atoms with van der Waals surface area (Å²) in [6.07, 6.45) is 0. The number of rotatable bonds is 4. The van der Waals surface area contributed by atoms with Gasteiger partial charge in [0.2, 0.25) is 0 Å². The summed E-state index contributed by atoms with van der Waals surface area (Å²) in [4.78, 5) is 17.6. The van der Waals surface area contributed by atoms with Crippen LogP contribution < -0.4 is 20.8 Å². The normalized spacial score (nSPS) is 11.0. The van der Waals surface area contributed by atoms with E-state index in [9.17, 15) is 4.79 Å². The number of imidazole rings is 1. The summed E-state index contributed by atoms with van der Waals surface area (Å²) in [5.74, 6) is 1.54. The fourth-order valence-corrected chi connectivity index (χ4v) is 3.42. The van der Waals surface area contributed by atoms with Crippen molar-refractivity contribution in [1.82, 2.24) is 14.7 Å². The average Bonchev–Trinajstić information content (AvgIpc) is 3.02. The van der Waals surface area contributed by atoms with Crippen LogP contribution in [0, 0.1) is 6.92 Å². The van der Waals surface area contributed by atoms with Crippen molar-refractivity contribution in [3.63, 3.8) is 0 Å². The van der Waals surface area contributed by atoms with Gasteiger partial charge in [-0.15, -0.1) is 0 Å². The van der Waals surface area contributed by atoms with E-state index in [1.54, 1.807) is 13.2 Å². The van der Waals surface area contributed by atoms with Gasteiger partial charge in [0.15, 0.2) is 5.43 Å². The van der Waals surface area contributed by atoms with Crippen LogP contribution in [-0.4, -0.2) is 36.6 Å².